The maximum absolute atomic E-state index is 11.8. The molecule has 0 atom stereocenters. The van der Waals surface area contributed by atoms with E-state index in [1.165, 1.54) is 19.3 Å². The molecule has 2 N–H and O–H groups in total. The molecule has 2 rings (SSSR count). The molecular formula is C16H22N2O3. The summed E-state index contributed by atoms with van der Waals surface area (Å²) in [6, 6.07) is 5.26. The number of benzene rings is 1. The molecule has 0 unspecified atom stereocenters. The van der Waals surface area contributed by atoms with Crippen molar-refractivity contribution in [1.82, 2.24) is 0 Å². The zero-order valence-electron chi connectivity index (χ0n) is 12.4. The summed E-state index contributed by atoms with van der Waals surface area (Å²) >= 11 is 0. The first-order valence-corrected chi connectivity index (χ1v) is 7.55. The summed E-state index contributed by atoms with van der Waals surface area (Å²) in [5.41, 5.74) is 1.28. The van der Waals surface area contributed by atoms with Gasteiger partial charge in [0.05, 0.1) is 5.69 Å². The zero-order chi connectivity index (χ0) is 15.1. The van der Waals surface area contributed by atoms with Gasteiger partial charge < -0.3 is 15.4 Å². The standard InChI is InChI=1S/C16H22N2O3/c1-2-3-4-5-6-7-15(19)17-12-8-9-14-13(10-12)18-16(20)11-21-14/h8-10H,2-7,11H2,1H3,(H,17,19)(H,18,20). The summed E-state index contributed by atoms with van der Waals surface area (Å²) in [7, 11) is 0. The first-order chi connectivity index (χ1) is 10.2. The molecule has 0 aromatic heterocycles. The first kappa shape index (κ1) is 15.4. The predicted octanol–water partition coefficient (Wildman–Crippen LogP) is 3.32. The highest BCUT2D eigenvalue weighted by atomic mass is 16.5. The van der Waals surface area contributed by atoms with Crippen LogP contribution in [-0.4, -0.2) is 18.4 Å². The molecule has 114 valence electrons. The van der Waals surface area contributed by atoms with Crippen LogP contribution in [0.5, 0.6) is 5.75 Å². The molecule has 5 nitrogen and oxygen atoms in total. The van der Waals surface area contributed by atoms with E-state index in [-0.39, 0.29) is 18.4 Å². The molecule has 2 amide bonds. The van der Waals surface area contributed by atoms with Crippen LogP contribution in [0.1, 0.15) is 45.4 Å². The van der Waals surface area contributed by atoms with Gasteiger partial charge in [-0.25, -0.2) is 0 Å². The minimum atomic E-state index is -0.179. The van der Waals surface area contributed by atoms with E-state index in [2.05, 4.69) is 17.6 Å². The minimum absolute atomic E-state index is 0.00880. The Balaban J connectivity index is 1.81. The van der Waals surface area contributed by atoms with Crippen LogP contribution in [0.2, 0.25) is 0 Å². The number of unbranched alkanes of at least 4 members (excludes halogenated alkanes) is 4. The van der Waals surface area contributed by atoms with Gasteiger partial charge in [0.1, 0.15) is 5.75 Å². The third kappa shape index (κ3) is 4.77. The lowest BCUT2D eigenvalue weighted by Gasteiger charge is -2.18. The molecule has 0 spiro atoms. The molecule has 5 heteroatoms. The number of nitrogens with one attached hydrogen (secondary N) is 2. The SMILES string of the molecule is CCCCCCCC(=O)Nc1ccc2c(c1)NC(=O)CO2. The number of rotatable bonds is 7. The van der Waals surface area contributed by atoms with Crippen molar-refractivity contribution in [2.45, 2.75) is 45.4 Å². The van der Waals surface area contributed by atoms with E-state index in [1.807, 2.05) is 0 Å². The van der Waals surface area contributed by atoms with Gasteiger partial charge in [0.2, 0.25) is 5.91 Å². The van der Waals surface area contributed by atoms with Crippen LogP contribution < -0.4 is 15.4 Å². The van der Waals surface area contributed by atoms with Crippen molar-refractivity contribution in [2.24, 2.45) is 0 Å². The molecule has 21 heavy (non-hydrogen) atoms. The van der Waals surface area contributed by atoms with E-state index in [4.69, 9.17) is 4.74 Å². The van der Waals surface area contributed by atoms with Gasteiger partial charge in [-0.1, -0.05) is 32.6 Å². The summed E-state index contributed by atoms with van der Waals surface area (Å²) in [6.45, 7) is 2.21. The number of ether oxygens (including phenoxy) is 1. The van der Waals surface area contributed by atoms with Crippen molar-refractivity contribution in [3.63, 3.8) is 0 Å². The van der Waals surface area contributed by atoms with Crippen LogP contribution >= 0.6 is 0 Å². The highest BCUT2D eigenvalue weighted by Crippen LogP contribution is 2.30. The Hall–Kier alpha value is -2.04. The molecule has 1 aromatic rings. The first-order valence-electron chi connectivity index (χ1n) is 7.55. The van der Waals surface area contributed by atoms with Gasteiger partial charge in [0, 0.05) is 12.1 Å². The molecule has 1 heterocycles. The topological polar surface area (TPSA) is 67.4 Å². The quantitative estimate of drug-likeness (QED) is 0.757. The summed E-state index contributed by atoms with van der Waals surface area (Å²) in [5, 5.41) is 5.58. The highest BCUT2D eigenvalue weighted by molar-refractivity contribution is 5.97. The minimum Gasteiger partial charge on any atom is -0.482 e. The molecule has 0 radical (unpaired) electrons. The van der Waals surface area contributed by atoms with E-state index < -0.39 is 0 Å². The monoisotopic (exact) mass is 290 g/mol. The van der Waals surface area contributed by atoms with Gasteiger partial charge in [-0.3, -0.25) is 9.59 Å². The van der Waals surface area contributed by atoms with Crippen molar-refractivity contribution >= 4 is 23.2 Å². The Labute approximate surface area is 125 Å². The van der Waals surface area contributed by atoms with Crippen LogP contribution in [0, 0.1) is 0 Å². The smallest absolute Gasteiger partial charge is 0.262 e. The third-order valence-electron chi connectivity index (χ3n) is 3.40. The normalized spacial score (nSPS) is 13.1. The van der Waals surface area contributed by atoms with Gasteiger partial charge in [0.25, 0.3) is 5.91 Å². The molecule has 1 aliphatic heterocycles. The molecular weight excluding hydrogens is 268 g/mol. The molecule has 0 fully saturated rings. The Morgan fingerprint density at radius 2 is 2.10 bits per heavy atom. The van der Waals surface area contributed by atoms with Crippen LogP contribution in [0.3, 0.4) is 0 Å². The maximum atomic E-state index is 11.8. The van der Waals surface area contributed by atoms with E-state index in [0.717, 1.165) is 12.8 Å². The average Bonchev–Trinajstić information content (AvgIpc) is 2.46. The largest absolute Gasteiger partial charge is 0.482 e. The van der Waals surface area contributed by atoms with Crippen molar-refractivity contribution in [3.05, 3.63) is 18.2 Å². The maximum Gasteiger partial charge on any atom is 0.262 e. The number of anilines is 2. The van der Waals surface area contributed by atoms with Gasteiger partial charge >= 0.3 is 0 Å². The van der Waals surface area contributed by atoms with Gasteiger partial charge in [0.15, 0.2) is 6.61 Å². The fourth-order valence-electron chi connectivity index (χ4n) is 2.27. The van der Waals surface area contributed by atoms with Crippen molar-refractivity contribution in [2.75, 3.05) is 17.2 Å². The highest BCUT2D eigenvalue weighted by Gasteiger charge is 2.16. The summed E-state index contributed by atoms with van der Waals surface area (Å²) in [5.74, 6) is 0.462. The number of amides is 2. The van der Waals surface area contributed by atoms with Crippen molar-refractivity contribution < 1.29 is 14.3 Å². The number of hydrogen-bond donors (Lipinski definition) is 2. The fourth-order valence-corrected chi connectivity index (χ4v) is 2.27. The molecule has 1 aromatic carbocycles. The molecule has 0 aliphatic carbocycles. The second-order valence-electron chi connectivity index (χ2n) is 5.26. The Kier molecular flexibility index (Phi) is 5.60. The third-order valence-corrected chi connectivity index (χ3v) is 3.40. The summed E-state index contributed by atoms with van der Waals surface area (Å²) < 4.78 is 5.27. The zero-order valence-corrected chi connectivity index (χ0v) is 12.4. The fraction of sp³-hybridized carbons (Fsp3) is 0.500. The second-order valence-corrected chi connectivity index (χ2v) is 5.26. The van der Waals surface area contributed by atoms with E-state index in [1.54, 1.807) is 18.2 Å². The molecule has 0 saturated heterocycles. The van der Waals surface area contributed by atoms with Crippen molar-refractivity contribution in [1.29, 1.82) is 0 Å². The number of fused-ring (bicyclic) bond motifs is 1. The molecule has 1 aliphatic rings. The van der Waals surface area contributed by atoms with E-state index >= 15 is 0 Å². The van der Waals surface area contributed by atoms with E-state index in [0.29, 0.717) is 23.5 Å². The number of carbonyl (C=O) groups is 2. The number of carbonyl (C=O) groups excluding carboxylic acids is 2. The second kappa shape index (κ2) is 7.67. The van der Waals surface area contributed by atoms with Crippen molar-refractivity contribution in [3.8, 4) is 5.75 Å². The van der Waals surface area contributed by atoms with Gasteiger partial charge in [-0.05, 0) is 24.6 Å². The van der Waals surface area contributed by atoms with Crippen LogP contribution in [0.15, 0.2) is 18.2 Å². The number of hydrogen-bond acceptors (Lipinski definition) is 3. The van der Waals surface area contributed by atoms with Crippen LogP contribution in [0.25, 0.3) is 0 Å². The molecule has 0 saturated carbocycles. The average molecular weight is 290 g/mol. The van der Waals surface area contributed by atoms with Gasteiger partial charge in [-0.15, -0.1) is 0 Å². The Bertz CT molecular complexity index is 514. The van der Waals surface area contributed by atoms with Crippen LogP contribution in [0.4, 0.5) is 11.4 Å². The van der Waals surface area contributed by atoms with E-state index in [9.17, 15) is 9.59 Å². The van der Waals surface area contributed by atoms with Crippen LogP contribution in [-0.2, 0) is 9.59 Å². The summed E-state index contributed by atoms with van der Waals surface area (Å²) in [6.07, 6.45) is 6.16. The van der Waals surface area contributed by atoms with Gasteiger partial charge in [-0.2, -0.15) is 0 Å². The Morgan fingerprint density at radius 3 is 2.90 bits per heavy atom. The lowest BCUT2D eigenvalue weighted by molar-refractivity contribution is -0.118. The lowest BCUT2D eigenvalue weighted by atomic mass is 10.1. The lowest BCUT2D eigenvalue weighted by Crippen LogP contribution is -2.25. The molecule has 0 bridgehead atoms. The predicted molar refractivity (Wildman–Crippen MR) is 82.6 cm³/mol. The summed E-state index contributed by atoms with van der Waals surface area (Å²) in [4.78, 5) is 23.1. The Morgan fingerprint density at radius 1 is 1.29 bits per heavy atom.